The number of hydrogen-bond acceptors (Lipinski definition) is 3. The highest BCUT2D eigenvalue weighted by Crippen LogP contribution is 2.17. The third kappa shape index (κ3) is 3.28. The maximum absolute atomic E-state index is 12.9. The zero-order valence-corrected chi connectivity index (χ0v) is 10.1. The lowest BCUT2D eigenvalue weighted by molar-refractivity contribution is 0.305. The summed E-state index contributed by atoms with van der Waals surface area (Å²) < 4.78 is 18.4. The van der Waals surface area contributed by atoms with Crippen molar-refractivity contribution in [2.24, 2.45) is 5.73 Å². The zero-order chi connectivity index (χ0) is 13.0. The average molecular weight is 246 g/mol. The number of hydrogen-bond donors (Lipinski definition) is 1. The number of halogens is 1. The van der Waals surface area contributed by atoms with Crippen LogP contribution in [0.5, 0.6) is 5.75 Å². The van der Waals surface area contributed by atoms with Gasteiger partial charge in [0.25, 0.3) is 0 Å². The Morgan fingerprint density at radius 1 is 1.28 bits per heavy atom. The van der Waals surface area contributed by atoms with Gasteiger partial charge in [0.1, 0.15) is 18.2 Å². The quantitative estimate of drug-likeness (QED) is 0.902. The number of nitrogens with two attached hydrogens (primary N) is 1. The summed E-state index contributed by atoms with van der Waals surface area (Å²) >= 11 is 0. The molecule has 2 aromatic rings. The Balaban J connectivity index is 1.98. The van der Waals surface area contributed by atoms with E-state index in [9.17, 15) is 4.39 Å². The first-order chi connectivity index (χ1) is 8.65. The third-order valence-corrected chi connectivity index (χ3v) is 2.57. The van der Waals surface area contributed by atoms with Crippen LogP contribution in [0.15, 0.2) is 42.7 Å². The number of aromatic nitrogens is 1. The fourth-order valence-corrected chi connectivity index (χ4v) is 1.57. The van der Waals surface area contributed by atoms with Gasteiger partial charge in [-0.15, -0.1) is 0 Å². The summed E-state index contributed by atoms with van der Waals surface area (Å²) in [5.41, 5.74) is 7.51. The molecule has 1 aromatic heterocycles. The van der Waals surface area contributed by atoms with Gasteiger partial charge in [-0.2, -0.15) is 0 Å². The zero-order valence-electron chi connectivity index (χ0n) is 10.1. The van der Waals surface area contributed by atoms with Gasteiger partial charge in [-0.05, 0) is 30.7 Å². The maximum Gasteiger partial charge on any atom is 0.141 e. The Hall–Kier alpha value is -1.94. The van der Waals surface area contributed by atoms with Crippen molar-refractivity contribution in [3.8, 4) is 5.75 Å². The molecule has 0 aliphatic rings. The minimum atomic E-state index is -0.358. The Morgan fingerprint density at radius 3 is 2.61 bits per heavy atom. The minimum Gasteiger partial charge on any atom is -0.489 e. The highest BCUT2D eigenvalue weighted by Gasteiger charge is 2.01. The van der Waals surface area contributed by atoms with Crippen molar-refractivity contribution in [2.45, 2.75) is 19.6 Å². The third-order valence-electron chi connectivity index (χ3n) is 2.57. The summed E-state index contributed by atoms with van der Waals surface area (Å²) in [6.45, 7) is 2.22. The molecule has 0 saturated heterocycles. The van der Waals surface area contributed by atoms with Crippen LogP contribution in [-0.2, 0) is 6.61 Å². The molecule has 2 rings (SSSR count). The topological polar surface area (TPSA) is 48.1 Å². The number of nitrogens with zero attached hydrogens (tertiary/aromatic N) is 1. The highest BCUT2D eigenvalue weighted by atomic mass is 19.1. The lowest BCUT2D eigenvalue weighted by Crippen LogP contribution is -2.04. The van der Waals surface area contributed by atoms with Gasteiger partial charge in [-0.25, -0.2) is 4.39 Å². The predicted octanol–water partition coefficient (Wildman–Crippen LogP) is 2.82. The summed E-state index contributed by atoms with van der Waals surface area (Å²) in [6, 6.07) is 8.96. The molecule has 3 nitrogen and oxygen atoms in total. The van der Waals surface area contributed by atoms with E-state index in [1.54, 1.807) is 6.20 Å². The molecule has 0 bridgehead atoms. The number of ether oxygens (including phenoxy) is 1. The van der Waals surface area contributed by atoms with Crippen LogP contribution in [0.1, 0.15) is 24.1 Å². The molecule has 4 heteroatoms. The molecule has 0 aliphatic heterocycles. The monoisotopic (exact) mass is 246 g/mol. The number of pyridine rings is 1. The maximum atomic E-state index is 12.9. The Labute approximate surface area is 105 Å². The van der Waals surface area contributed by atoms with Gasteiger partial charge in [0.15, 0.2) is 0 Å². The van der Waals surface area contributed by atoms with Crippen LogP contribution < -0.4 is 10.5 Å². The number of benzene rings is 1. The molecule has 1 atom stereocenters. The lowest BCUT2D eigenvalue weighted by atomic mass is 10.1. The van der Waals surface area contributed by atoms with Crippen molar-refractivity contribution in [1.82, 2.24) is 4.98 Å². The van der Waals surface area contributed by atoms with Crippen LogP contribution in [-0.4, -0.2) is 4.98 Å². The average Bonchev–Trinajstić information content (AvgIpc) is 2.37. The van der Waals surface area contributed by atoms with Gasteiger partial charge >= 0.3 is 0 Å². The molecule has 2 N–H and O–H groups in total. The van der Waals surface area contributed by atoms with E-state index in [0.29, 0.717) is 12.2 Å². The van der Waals surface area contributed by atoms with E-state index in [1.165, 1.54) is 12.3 Å². The Bertz CT molecular complexity index is 511. The molecule has 0 aliphatic carbocycles. The fourth-order valence-electron chi connectivity index (χ4n) is 1.57. The van der Waals surface area contributed by atoms with Crippen LogP contribution in [0.2, 0.25) is 0 Å². The molecule has 1 aromatic carbocycles. The number of rotatable bonds is 4. The molecule has 18 heavy (non-hydrogen) atoms. The summed E-state index contributed by atoms with van der Waals surface area (Å²) in [5.74, 6) is 0.368. The van der Waals surface area contributed by atoms with E-state index in [-0.39, 0.29) is 11.9 Å². The standard InChI is InChI=1S/C14H15FN2O/c1-10(16)12-2-4-14(5-3-12)18-9-11-6-13(15)8-17-7-11/h2-8,10H,9,16H2,1H3/t10-/m0/s1. The molecule has 0 unspecified atom stereocenters. The summed E-state index contributed by atoms with van der Waals surface area (Å²) in [5, 5.41) is 0. The fraction of sp³-hybridized carbons (Fsp3) is 0.214. The van der Waals surface area contributed by atoms with Crippen molar-refractivity contribution in [2.75, 3.05) is 0 Å². The lowest BCUT2D eigenvalue weighted by Gasteiger charge is -2.08. The van der Waals surface area contributed by atoms with Crippen LogP contribution in [0.25, 0.3) is 0 Å². The highest BCUT2D eigenvalue weighted by molar-refractivity contribution is 5.29. The Morgan fingerprint density at radius 2 is 2.00 bits per heavy atom. The molecular formula is C14H15FN2O. The van der Waals surface area contributed by atoms with E-state index in [1.807, 2.05) is 31.2 Å². The van der Waals surface area contributed by atoms with Gasteiger partial charge in [-0.1, -0.05) is 12.1 Å². The predicted molar refractivity (Wildman–Crippen MR) is 67.6 cm³/mol. The van der Waals surface area contributed by atoms with E-state index >= 15 is 0 Å². The van der Waals surface area contributed by atoms with E-state index < -0.39 is 0 Å². The first-order valence-corrected chi connectivity index (χ1v) is 5.73. The molecule has 0 amide bonds. The first-order valence-electron chi connectivity index (χ1n) is 5.73. The second-order valence-electron chi connectivity index (χ2n) is 4.16. The molecule has 0 saturated carbocycles. The molecule has 0 radical (unpaired) electrons. The minimum absolute atomic E-state index is 0.00599. The van der Waals surface area contributed by atoms with Crippen molar-refractivity contribution in [3.63, 3.8) is 0 Å². The largest absolute Gasteiger partial charge is 0.489 e. The first kappa shape index (κ1) is 12.5. The van der Waals surface area contributed by atoms with E-state index in [2.05, 4.69) is 4.98 Å². The van der Waals surface area contributed by atoms with Gasteiger partial charge in [-0.3, -0.25) is 4.98 Å². The second kappa shape index (κ2) is 5.60. The van der Waals surface area contributed by atoms with Crippen LogP contribution in [0, 0.1) is 5.82 Å². The van der Waals surface area contributed by atoms with Crippen LogP contribution >= 0.6 is 0 Å². The Kier molecular flexibility index (Phi) is 3.89. The molecule has 94 valence electrons. The van der Waals surface area contributed by atoms with E-state index in [4.69, 9.17) is 10.5 Å². The van der Waals surface area contributed by atoms with Gasteiger partial charge in [0.05, 0.1) is 6.20 Å². The molecular weight excluding hydrogens is 231 g/mol. The summed E-state index contributed by atoms with van der Waals surface area (Å²) in [4.78, 5) is 3.76. The smallest absolute Gasteiger partial charge is 0.141 e. The SMILES string of the molecule is C[C@H](N)c1ccc(OCc2cncc(F)c2)cc1. The van der Waals surface area contributed by atoms with Crippen LogP contribution in [0.4, 0.5) is 4.39 Å². The van der Waals surface area contributed by atoms with E-state index in [0.717, 1.165) is 11.3 Å². The van der Waals surface area contributed by atoms with Crippen molar-refractivity contribution >= 4 is 0 Å². The molecule has 0 fully saturated rings. The van der Waals surface area contributed by atoms with Crippen molar-refractivity contribution in [1.29, 1.82) is 0 Å². The summed E-state index contributed by atoms with van der Waals surface area (Å²) in [6.07, 6.45) is 2.75. The van der Waals surface area contributed by atoms with Crippen molar-refractivity contribution in [3.05, 3.63) is 59.7 Å². The van der Waals surface area contributed by atoms with Crippen LogP contribution in [0.3, 0.4) is 0 Å². The van der Waals surface area contributed by atoms with Crippen molar-refractivity contribution < 1.29 is 9.13 Å². The molecule has 0 spiro atoms. The van der Waals surface area contributed by atoms with Gasteiger partial charge in [0.2, 0.25) is 0 Å². The summed E-state index contributed by atoms with van der Waals surface area (Å²) in [7, 11) is 0. The normalized spacial score (nSPS) is 12.2. The van der Waals surface area contributed by atoms with Gasteiger partial charge < -0.3 is 10.5 Å². The second-order valence-corrected chi connectivity index (χ2v) is 4.16. The van der Waals surface area contributed by atoms with Gasteiger partial charge in [0, 0.05) is 17.8 Å². The molecule has 1 heterocycles.